The van der Waals surface area contributed by atoms with E-state index in [0.29, 0.717) is 12.8 Å². The van der Waals surface area contributed by atoms with Gasteiger partial charge < -0.3 is 15.7 Å². The fourth-order valence-electron chi connectivity index (χ4n) is 1.77. The van der Waals surface area contributed by atoms with Crippen LogP contribution in [-0.4, -0.2) is 29.3 Å². The Balaban J connectivity index is 3.11. The van der Waals surface area contributed by atoms with Gasteiger partial charge in [-0.05, 0) is 31.9 Å². The first-order valence-corrected chi connectivity index (χ1v) is 6.40. The summed E-state index contributed by atoms with van der Waals surface area (Å²) in [5.41, 5.74) is -1.27. The van der Waals surface area contributed by atoms with Crippen molar-refractivity contribution < 1.29 is 18.3 Å². The van der Waals surface area contributed by atoms with Gasteiger partial charge in [-0.15, -0.1) is 0 Å². The Kier molecular flexibility index (Phi) is 5.21. The maximum Gasteiger partial charge on any atom is 0.416 e. The Morgan fingerprint density at radius 2 is 1.85 bits per heavy atom. The molecule has 0 bridgehead atoms. The summed E-state index contributed by atoms with van der Waals surface area (Å²) in [4.78, 5) is 4.08. The van der Waals surface area contributed by atoms with Crippen LogP contribution in [0.15, 0.2) is 12.1 Å². The monoisotopic (exact) mass is 291 g/mol. The van der Waals surface area contributed by atoms with Crippen molar-refractivity contribution in [3.63, 3.8) is 0 Å². The van der Waals surface area contributed by atoms with Crippen molar-refractivity contribution in [1.29, 1.82) is 0 Å². The Labute approximate surface area is 116 Å². The van der Waals surface area contributed by atoms with Crippen molar-refractivity contribution >= 4 is 11.6 Å². The molecule has 0 radical (unpaired) electrons. The van der Waals surface area contributed by atoms with E-state index < -0.39 is 17.3 Å². The van der Waals surface area contributed by atoms with Crippen LogP contribution in [0.2, 0.25) is 0 Å². The lowest BCUT2D eigenvalue weighted by Crippen LogP contribution is -2.35. The third kappa shape index (κ3) is 4.26. The van der Waals surface area contributed by atoms with Crippen LogP contribution in [0.4, 0.5) is 24.8 Å². The number of rotatable bonds is 6. The first-order chi connectivity index (χ1) is 9.24. The van der Waals surface area contributed by atoms with Gasteiger partial charge in [-0.3, -0.25) is 0 Å². The quantitative estimate of drug-likeness (QED) is 0.754. The molecule has 1 aromatic heterocycles. The molecule has 20 heavy (non-hydrogen) atoms. The van der Waals surface area contributed by atoms with E-state index in [2.05, 4.69) is 15.6 Å². The second-order valence-electron chi connectivity index (χ2n) is 4.89. The molecular weight excluding hydrogens is 271 g/mol. The maximum atomic E-state index is 12.8. The zero-order valence-corrected chi connectivity index (χ0v) is 11.8. The highest BCUT2D eigenvalue weighted by Gasteiger charge is 2.32. The smallest absolute Gasteiger partial charge is 0.396 e. The second-order valence-corrected chi connectivity index (χ2v) is 4.89. The number of nitrogens with one attached hydrogen (secondary N) is 2. The number of hydrogen-bond acceptors (Lipinski definition) is 4. The van der Waals surface area contributed by atoms with Crippen molar-refractivity contribution in [3.05, 3.63) is 17.7 Å². The number of nitrogens with zero attached hydrogens (tertiary/aromatic N) is 1. The topological polar surface area (TPSA) is 57.2 Å². The normalized spacial score (nSPS) is 14.8. The zero-order valence-electron chi connectivity index (χ0n) is 11.8. The molecule has 0 amide bonds. The Hall–Kier alpha value is -1.50. The number of pyridine rings is 1. The number of halogens is 3. The average Bonchev–Trinajstić information content (AvgIpc) is 2.37. The lowest BCUT2D eigenvalue weighted by Gasteiger charge is -2.30. The van der Waals surface area contributed by atoms with E-state index in [9.17, 15) is 13.2 Å². The highest BCUT2D eigenvalue weighted by Crippen LogP contribution is 2.33. The van der Waals surface area contributed by atoms with Crippen molar-refractivity contribution in [2.45, 2.75) is 38.4 Å². The largest absolute Gasteiger partial charge is 0.416 e. The van der Waals surface area contributed by atoms with Crippen molar-refractivity contribution in [2.75, 3.05) is 24.3 Å². The van der Waals surface area contributed by atoms with Crippen LogP contribution >= 0.6 is 0 Å². The highest BCUT2D eigenvalue weighted by molar-refractivity contribution is 5.50. The molecule has 114 valence electrons. The predicted octanol–water partition coefficient (Wildman–Crippen LogP) is 3.11. The van der Waals surface area contributed by atoms with Crippen LogP contribution in [0.5, 0.6) is 0 Å². The molecule has 1 heterocycles. The van der Waals surface area contributed by atoms with Gasteiger partial charge in [0.25, 0.3) is 0 Å². The minimum absolute atomic E-state index is 0.0464. The molecule has 0 aliphatic carbocycles. The minimum Gasteiger partial charge on any atom is -0.396 e. The molecule has 1 aromatic rings. The van der Waals surface area contributed by atoms with E-state index in [0.717, 1.165) is 12.1 Å². The number of aromatic nitrogens is 1. The van der Waals surface area contributed by atoms with Crippen molar-refractivity contribution in [1.82, 2.24) is 4.98 Å². The molecular formula is C13H20F3N3O. The van der Waals surface area contributed by atoms with E-state index in [4.69, 9.17) is 5.11 Å². The lowest BCUT2D eigenvalue weighted by molar-refractivity contribution is -0.137. The van der Waals surface area contributed by atoms with Gasteiger partial charge in [0.1, 0.15) is 11.6 Å². The summed E-state index contributed by atoms with van der Waals surface area (Å²) < 4.78 is 38.5. The fourth-order valence-corrected chi connectivity index (χ4v) is 1.77. The van der Waals surface area contributed by atoms with Crippen LogP contribution in [0.25, 0.3) is 0 Å². The van der Waals surface area contributed by atoms with E-state index in [1.807, 2.05) is 13.8 Å². The van der Waals surface area contributed by atoms with E-state index in [-0.39, 0.29) is 18.2 Å². The standard InChI is InChI=1S/C13H20F3N3O/c1-4-12(2,5-6-20)19-11-8-9(13(14,15)16)7-10(17-3)18-11/h7-8,20H,4-6H2,1-3H3,(H2,17,18,19). The SMILES string of the molecule is CCC(C)(CCO)Nc1cc(C(F)(F)F)cc(NC)n1. The molecule has 3 N–H and O–H groups in total. The number of anilines is 2. The van der Waals surface area contributed by atoms with Gasteiger partial charge in [0.2, 0.25) is 0 Å². The Morgan fingerprint density at radius 3 is 2.30 bits per heavy atom. The summed E-state index contributed by atoms with van der Waals surface area (Å²) >= 11 is 0. The summed E-state index contributed by atoms with van der Waals surface area (Å²) in [5, 5.41) is 14.6. The minimum atomic E-state index is -4.43. The molecule has 7 heteroatoms. The van der Waals surface area contributed by atoms with Crippen LogP contribution in [-0.2, 0) is 6.18 Å². The van der Waals surface area contributed by atoms with Gasteiger partial charge in [-0.1, -0.05) is 6.92 Å². The van der Waals surface area contributed by atoms with Crippen molar-refractivity contribution in [3.8, 4) is 0 Å². The first-order valence-electron chi connectivity index (χ1n) is 6.40. The summed E-state index contributed by atoms with van der Waals surface area (Å²) in [7, 11) is 1.51. The van der Waals surface area contributed by atoms with Gasteiger partial charge in [-0.25, -0.2) is 4.98 Å². The van der Waals surface area contributed by atoms with Crippen LogP contribution < -0.4 is 10.6 Å². The van der Waals surface area contributed by atoms with Crippen LogP contribution in [0.1, 0.15) is 32.3 Å². The van der Waals surface area contributed by atoms with Crippen molar-refractivity contribution in [2.24, 2.45) is 0 Å². The van der Waals surface area contributed by atoms with E-state index >= 15 is 0 Å². The molecule has 0 saturated carbocycles. The number of hydrogen-bond donors (Lipinski definition) is 3. The number of aliphatic hydroxyl groups is 1. The van der Waals surface area contributed by atoms with Gasteiger partial charge in [0.15, 0.2) is 0 Å². The van der Waals surface area contributed by atoms with Gasteiger partial charge >= 0.3 is 6.18 Å². The summed E-state index contributed by atoms with van der Waals surface area (Å²) in [6.07, 6.45) is -3.35. The Morgan fingerprint density at radius 1 is 1.25 bits per heavy atom. The molecule has 1 unspecified atom stereocenters. The molecule has 0 aliphatic heterocycles. The lowest BCUT2D eigenvalue weighted by atomic mass is 9.95. The molecule has 0 aromatic carbocycles. The van der Waals surface area contributed by atoms with E-state index in [1.54, 1.807) is 0 Å². The third-order valence-electron chi connectivity index (χ3n) is 3.28. The molecule has 0 saturated heterocycles. The Bertz CT molecular complexity index is 451. The summed E-state index contributed by atoms with van der Waals surface area (Å²) in [6.45, 7) is 3.69. The van der Waals surface area contributed by atoms with Gasteiger partial charge in [-0.2, -0.15) is 13.2 Å². The fraction of sp³-hybridized carbons (Fsp3) is 0.615. The molecule has 1 atom stereocenters. The molecule has 0 fully saturated rings. The number of aliphatic hydroxyl groups excluding tert-OH is 1. The molecule has 0 spiro atoms. The predicted molar refractivity (Wildman–Crippen MR) is 72.8 cm³/mol. The van der Waals surface area contributed by atoms with Gasteiger partial charge in [0.05, 0.1) is 5.56 Å². The highest BCUT2D eigenvalue weighted by atomic mass is 19.4. The molecule has 4 nitrogen and oxygen atoms in total. The summed E-state index contributed by atoms with van der Waals surface area (Å²) in [6, 6.07) is 1.94. The first kappa shape index (κ1) is 16.6. The van der Waals surface area contributed by atoms with Crippen LogP contribution in [0.3, 0.4) is 0 Å². The van der Waals surface area contributed by atoms with Crippen LogP contribution in [0, 0.1) is 0 Å². The zero-order chi connectivity index (χ0) is 15.4. The summed E-state index contributed by atoms with van der Waals surface area (Å²) in [5.74, 6) is 0.284. The average molecular weight is 291 g/mol. The number of alkyl halides is 3. The van der Waals surface area contributed by atoms with E-state index in [1.165, 1.54) is 7.05 Å². The van der Waals surface area contributed by atoms with Gasteiger partial charge in [0, 0.05) is 19.2 Å². The maximum absolute atomic E-state index is 12.8. The third-order valence-corrected chi connectivity index (χ3v) is 3.28. The second kappa shape index (κ2) is 6.30. The molecule has 0 aliphatic rings. The molecule has 1 rings (SSSR count).